The van der Waals surface area contributed by atoms with Crippen molar-refractivity contribution in [2.24, 2.45) is 0 Å². The third-order valence-corrected chi connectivity index (χ3v) is 7.69. The lowest BCUT2D eigenvalue weighted by Crippen LogP contribution is -2.47. The molecule has 5 nitrogen and oxygen atoms in total. The normalized spacial score (nSPS) is 16.2. The molecule has 0 N–H and O–H groups in total. The Morgan fingerprint density at radius 1 is 0.838 bits per heavy atom. The van der Waals surface area contributed by atoms with Gasteiger partial charge in [0.2, 0.25) is 5.91 Å². The van der Waals surface area contributed by atoms with Crippen LogP contribution in [0.2, 0.25) is 15.1 Å². The minimum atomic E-state index is -0.384. The zero-order valence-corrected chi connectivity index (χ0v) is 21.9. The second-order valence-corrected chi connectivity index (χ2v) is 10.6. The Labute approximate surface area is 229 Å². The standard InChI is InChI=1S/C29H22Cl3N3O2/c30-19-9-7-18(8-10-19)28-26-6-3-15-33(26)24-4-1-2-5-25(24)35(28)27(36)17-34(21-12-13-21)29(37)22-14-11-20(31)16-23(22)32/h1-11,14-16,21,28H,12-13,17H2. The number of nitrogens with zero attached hydrogens (tertiary/aromatic N) is 3. The molecule has 3 aromatic carbocycles. The highest BCUT2D eigenvalue weighted by Gasteiger charge is 2.40. The van der Waals surface area contributed by atoms with Crippen molar-refractivity contribution in [1.29, 1.82) is 0 Å². The molecule has 1 aliphatic carbocycles. The summed E-state index contributed by atoms with van der Waals surface area (Å²) in [6.07, 6.45) is 3.70. The molecule has 6 rings (SSSR count). The van der Waals surface area contributed by atoms with Crippen LogP contribution in [0, 0.1) is 0 Å². The van der Waals surface area contributed by atoms with Crippen LogP contribution in [-0.4, -0.2) is 33.9 Å². The van der Waals surface area contributed by atoms with Gasteiger partial charge in [-0.1, -0.05) is 59.1 Å². The van der Waals surface area contributed by atoms with Gasteiger partial charge in [0.15, 0.2) is 0 Å². The summed E-state index contributed by atoms with van der Waals surface area (Å²) in [5, 5.41) is 1.35. The molecule has 4 aromatic rings. The first kappa shape index (κ1) is 24.1. The summed E-state index contributed by atoms with van der Waals surface area (Å²) < 4.78 is 2.11. The monoisotopic (exact) mass is 549 g/mol. The van der Waals surface area contributed by atoms with Gasteiger partial charge < -0.3 is 9.47 Å². The van der Waals surface area contributed by atoms with E-state index in [0.717, 1.165) is 35.5 Å². The Morgan fingerprint density at radius 3 is 2.24 bits per heavy atom. The highest BCUT2D eigenvalue weighted by atomic mass is 35.5. The van der Waals surface area contributed by atoms with E-state index in [1.165, 1.54) is 0 Å². The molecule has 1 fully saturated rings. The van der Waals surface area contributed by atoms with E-state index in [2.05, 4.69) is 4.57 Å². The van der Waals surface area contributed by atoms with Gasteiger partial charge in [-0.25, -0.2) is 0 Å². The number of halogens is 3. The van der Waals surface area contributed by atoms with Crippen LogP contribution in [0.15, 0.2) is 85.1 Å². The number of hydrogen-bond donors (Lipinski definition) is 0. The summed E-state index contributed by atoms with van der Waals surface area (Å²) in [5.74, 6) is -0.445. The molecule has 1 saturated carbocycles. The smallest absolute Gasteiger partial charge is 0.256 e. The highest BCUT2D eigenvalue weighted by molar-refractivity contribution is 6.36. The number of rotatable bonds is 5. The molecular formula is C29H22Cl3N3O2. The Balaban J connectivity index is 1.41. The summed E-state index contributed by atoms with van der Waals surface area (Å²) in [6.45, 7) is -0.0679. The zero-order valence-electron chi connectivity index (χ0n) is 19.7. The molecule has 2 heterocycles. The maximum atomic E-state index is 14.2. The van der Waals surface area contributed by atoms with Gasteiger partial charge in [0, 0.05) is 22.3 Å². The van der Waals surface area contributed by atoms with Gasteiger partial charge in [0.25, 0.3) is 5.91 Å². The van der Waals surface area contributed by atoms with Gasteiger partial charge in [-0.15, -0.1) is 0 Å². The van der Waals surface area contributed by atoms with Crippen molar-refractivity contribution in [3.05, 3.63) is 117 Å². The van der Waals surface area contributed by atoms with Crippen LogP contribution in [0.4, 0.5) is 5.69 Å². The minimum Gasteiger partial charge on any atom is -0.326 e. The van der Waals surface area contributed by atoms with E-state index in [9.17, 15) is 9.59 Å². The Kier molecular flexibility index (Phi) is 6.23. The average molecular weight is 551 g/mol. The molecule has 0 spiro atoms. The van der Waals surface area contributed by atoms with E-state index in [4.69, 9.17) is 34.8 Å². The van der Waals surface area contributed by atoms with Crippen LogP contribution >= 0.6 is 34.8 Å². The maximum absolute atomic E-state index is 14.2. The van der Waals surface area contributed by atoms with Crippen LogP contribution in [0.5, 0.6) is 0 Å². The van der Waals surface area contributed by atoms with Gasteiger partial charge in [-0.05, 0) is 73.0 Å². The molecule has 2 aliphatic rings. The van der Waals surface area contributed by atoms with Crippen molar-refractivity contribution in [2.45, 2.75) is 24.9 Å². The average Bonchev–Trinajstić information content (AvgIpc) is 3.61. The van der Waals surface area contributed by atoms with E-state index < -0.39 is 0 Å². The fourth-order valence-corrected chi connectivity index (χ4v) is 5.63. The van der Waals surface area contributed by atoms with E-state index in [0.29, 0.717) is 15.6 Å². The van der Waals surface area contributed by atoms with Crippen molar-refractivity contribution >= 4 is 52.3 Å². The second kappa shape index (κ2) is 9.56. The summed E-state index contributed by atoms with van der Waals surface area (Å²) in [6, 6.07) is 23.8. The molecule has 1 unspecified atom stereocenters. The summed E-state index contributed by atoms with van der Waals surface area (Å²) >= 11 is 18.6. The second-order valence-electron chi connectivity index (χ2n) is 9.30. The number of fused-ring (bicyclic) bond motifs is 3. The molecular weight excluding hydrogens is 529 g/mol. The lowest BCUT2D eigenvalue weighted by molar-refractivity contribution is -0.119. The van der Waals surface area contributed by atoms with Crippen LogP contribution in [0.1, 0.15) is 40.5 Å². The predicted octanol–water partition coefficient (Wildman–Crippen LogP) is 7.18. The fraction of sp³-hybridized carbons (Fsp3) is 0.172. The van der Waals surface area contributed by atoms with Gasteiger partial charge in [-0.3, -0.25) is 14.5 Å². The Hall–Kier alpha value is -3.25. The Morgan fingerprint density at radius 2 is 1.54 bits per heavy atom. The highest BCUT2D eigenvalue weighted by Crippen LogP contribution is 2.43. The molecule has 186 valence electrons. The summed E-state index contributed by atoms with van der Waals surface area (Å²) in [7, 11) is 0. The third-order valence-electron chi connectivity index (χ3n) is 6.89. The molecule has 37 heavy (non-hydrogen) atoms. The minimum absolute atomic E-state index is 0.000993. The molecule has 1 aromatic heterocycles. The molecule has 0 bridgehead atoms. The topological polar surface area (TPSA) is 45.6 Å². The van der Waals surface area contributed by atoms with Crippen LogP contribution < -0.4 is 4.90 Å². The molecule has 0 radical (unpaired) electrons. The van der Waals surface area contributed by atoms with Crippen molar-refractivity contribution < 1.29 is 9.59 Å². The van der Waals surface area contributed by atoms with Crippen molar-refractivity contribution in [3.8, 4) is 5.69 Å². The number of anilines is 1. The van der Waals surface area contributed by atoms with E-state index in [1.54, 1.807) is 28.0 Å². The first-order valence-corrected chi connectivity index (χ1v) is 13.2. The maximum Gasteiger partial charge on any atom is 0.256 e. The molecule has 0 saturated heterocycles. The molecule has 8 heteroatoms. The lowest BCUT2D eigenvalue weighted by atomic mass is 9.97. The Bertz CT molecular complexity index is 1510. The van der Waals surface area contributed by atoms with Gasteiger partial charge in [-0.2, -0.15) is 0 Å². The van der Waals surface area contributed by atoms with E-state index in [-0.39, 0.29) is 35.5 Å². The van der Waals surface area contributed by atoms with E-state index in [1.807, 2.05) is 66.9 Å². The first-order chi connectivity index (χ1) is 17.9. The quantitative estimate of drug-likeness (QED) is 0.264. The molecule has 1 aliphatic heterocycles. The SMILES string of the molecule is O=C(c1ccc(Cl)cc1Cl)N(CC(=O)N1c2ccccc2-n2cccc2C1c1ccc(Cl)cc1)C1CC1. The van der Waals surface area contributed by atoms with Crippen molar-refractivity contribution in [1.82, 2.24) is 9.47 Å². The van der Waals surface area contributed by atoms with Gasteiger partial charge in [0.1, 0.15) is 12.6 Å². The van der Waals surface area contributed by atoms with Crippen LogP contribution in [0.25, 0.3) is 5.69 Å². The van der Waals surface area contributed by atoms with E-state index >= 15 is 0 Å². The van der Waals surface area contributed by atoms with Crippen LogP contribution in [0.3, 0.4) is 0 Å². The van der Waals surface area contributed by atoms with Crippen molar-refractivity contribution in [3.63, 3.8) is 0 Å². The van der Waals surface area contributed by atoms with Gasteiger partial charge >= 0.3 is 0 Å². The fourth-order valence-electron chi connectivity index (χ4n) is 5.01. The molecule has 1 atom stereocenters. The third kappa shape index (κ3) is 4.42. The number of carbonyl (C=O) groups excluding carboxylic acids is 2. The number of aromatic nitrogens is 1. The van der Waals surface area contributed by atoms with Gasteiger partial charge in [0.05, 0.1) is 27.7 Å². The first-order valence-electron chi connectivity index (χ1n) is 12.0. The number of benzene rings is 3. The van der Waals surface area contributed by atoms with Crippen molar-refractivity contribution in [2.75, 3.05) is 11.4 Å². The number of para-hydroxylation sites is 2. The van der Waals surface area contributed by atoms with Crippen LogP contribution in [-0.2, 0) is 4.79 Å². The summed E-state index contributed by atoms with van der Waals surface area (Å²) in [5.41, 5.74) is 3.92. The largest absolute Gasteiger partial charge is 0.326 e. The zero-order chi connectivity index (χ0) is 25.7. The number of amides is 2. The predicted molar refractivity (Wildman–Crippen MR) is 147 cm³/mol. The number of hydrogen-bond acceptors (Lipinski definition) is 2. The lowest BCUT2D eigenvalue weighted by Gasteiger charge is -2.39. The molecule has 2 amide bonds. The summed E-state index contributed by atoms with van der Waals surface area (Å²) in [4.78, 5) is 31.2. The number of carbonyl (C=O) groups is 2.